The number of aromatic nitrogens is 1. The summed E-state index contributed by atoms with van der Waals surface area (Å²) >= 11 is 1.17. The van der Waals surface area contributed by atoms with E-state index in [0.717, 1.165) is 28.7 Å². The minimum Gasteiger partial charge on any atom is -0.465 e. The van der Waals surface area contributed by atoms with Crippen LogP contribution in [-0.4, -0.2) is 69.8 Å². The summed E-state index contributed by atoms with van der Waals surface area (Å²) in [6.45, 7) is 7.54. The predicted molar refractivity (Wildman–Crippen MR) is 160 cm³/mol. The fraction of sp³-hybridized carbons (Fsp3) is 0.438. The molecule has 0 spiro atoms. The molecule has 8 nitrogen and oxygen atoms in total. The number of halogens is 3. The van der Waals surface area contributed by atoms with Gasteiger partial charge < -0.3 is 19.6 Å². The van der Waals surface area contributed by atoms with Crippen LogP contribution in [-0.2, 0) is 20.7 Å². The molecular formula is C32H36F3N3O5S. The lowest BCUT2D eigenvalue weighted by Gasteiger charge is -2.42. The Kier molecular flexibility index (Phi) is 10.0. The van der Waals surface area contributed by atoms with Gasteiger partial charge in [-0.3, -0.25) is 9.59 Å². The molecular weight excluding hydrogens is 595 g/mol. The molecule has 2 aromatic carbocycles. The summed E-state index contributed by atoms with van der Waals surface area (Å²) in [6.07, 6.45) is -3.67. The zero-order valence-corrected chi connectivity index (χ0v) is 26.0. The fourth-order valence-electron chi connectivity index (χ4n) is 5.55. The van der Waals surface area contributed by atoms with Gasteiger partial charge in [0.25, 0.3) is 5.91 Å². The van der Waals surface area contributed by atoms with E-state index in [4.69, 9.17) is 9.72 Å². The third-order valence-corrected chi connectivity index (χ3v) is 8.63. The number of rotatable bonds is 9. The molecule has 4 rings (SSSR count). The quantitative estimate of drug-likeness (QED) is 0.271. The summed E-state index contributed by atoms with van der Waals surface area (Å²) in [5.41, 5.74) is 0.543. The van der Waals surface area contributed by atoms with Gasteiger partial charge in [0.1, 0.15) is 22.8 Å². The first-order valence-electron chi connectivity index (χ1n) is 14.2. The van der Waals surface area contributed by atoms with Gasteiger partial charge in [0.15, 0.2) is 6.10 Å². The van der Waals surface area contributed by atoms with E-state index < -0.39 is 59.3 Å². The van der Waals surface area contributed by atoms with Gasteiger partial charge in [0, 0.05) is 42.8 Å². The number of likely N-dealkylation sites (tertiary alicyclic amines) is 1. The summed E-state index contributed by atoms with van der Waals surface area (Å²) in [5.74, 6) is -3.46. The van der Waals surface area contributed by atoms with Gasteiger partial charge in [0.2, 0.25) is 0 Å². The lowest BCUT2D eigenvalue weighted by molar-refractivity contribution is -0.160. The zero-order chi connectivity index (χ0) is 32.3. The van der Waals surface area contributed by atoms with Crippen molar-refractivity contribution in [1.82, 2.24) is 14.8 Å². The Balaban J connectivity index is 1.89. The third-order valence-electron chi connectivity index (χ3n) is 7.52. The second-order valence-electron chi connectivity index (χ2n) is 12.1. The first kappa shape index (κ1) is 33.0. The van der Waals surface area contributed by atoms with Crippen LogP contribution >= 0.6 is 11.3 Å². The number of hydrogen-bond donors (Lipinski definition) is 1. The van der Waals surface area contributed by atoms with Crippen molar-refractivity contribution in [3.05, 3.63) is 76.3 Å². The lowest BCUT2D eigenvalue weighted by Crippen LogP contribution is -2.49. The Morgan fingerprint density at radius 3 is 2.41 bits per heavy atom. The van der Waals surface area contributed by atoms with Crippen LogP contribution in [0.4, 0.5) is 18.0 Å². The fourth-order valence-corrected chi connectivity index (χ4v) is 6.70. The number of nitrogens with zero attached hydrogens (tertiary/aromatic N) is 3. The van der Waals surface area contributed by atoms with Crippen LogP contribution < -0.4 is 0 Å². The SMILES string of the molecule is CC(=O)OC(C)C(=O)N(CC1CN(C(=O)O)CC1F)[C@@H](c1nc(-c2cc(F)ccc2F)sc1Cc1ccccc1)C(C)(C)C. The normalized spacial score (nSPS) is 18.1. The highest BCUT2D eigenvalue weighted by Gasteiger charge is 2.44. The van der Waals surface area contributed by atoms with Crippen LogP contribution in [0.5, 0.6) is 0 Å². The highest BCUT2D eigenvalue weighted by Crippen LogP contribution is 2.44. The number of ether oxygens (including phenoxy) is 1. The Labute approximate surface area is 258 Å². The molecule has 1 fully saturated rings. The molecule has 1 aromatic heterocycles. The maximum absolute atomic E-state index is 15.3. The van der Waals surface area contributed by atoms with Crippen LogP contribution in [0.3, 0.4) is 0 Å². The molecule has 1 aliphatic rings. The second kappa shape index (κ2) is 13.4. The number of carbonyl (C=O) groups excluding carboxylic acids is 2. The summed E-state index contributed by atoms with van der Waals surface area (Å²) in [6, 6.07) is 11.7. The van der Waals surface area contributed by atoms with Crippen molar-refractivity contribution in [3.63, 3.8) is 0 Å². The van der Waals surface area contributed by atoms with Crippen LogP contribution in [0.1, 0.15) is 56.8 Å². The lowest BCUT2D eigenvalue weighted by atomic mass is 9.81. The molecule has 236 valence electrons. The van der Waals surface area contributed by atoms with Gasteiger partial charge >= 0.3 is 12.1 Å². The number of carbonyl (C=O) groups is 3. The minimum atomic E-state index is -1.54. The monoisotopic (exact) mass is 631 g/mol. The molecule has 1 saturated heterocycles. The second-order valence-corrected chi connectivity index (χ2v) is 13.2. The van der Waals surface area contributed by atoms with Crippen molar-refractivity contribution in [2.75, 3.05) is 19.6 Å². The zero-order valence-electron chi connectivity index (χ0n) is 25.2. The van der Waals surface area contributed by atoms with Crippen LogP contribution in [0.25, 0.3) is 10.6 Å². The highest BCUT2D eigenvalue weighted by molar-refractivity contribution is 7.15. The molecule has 3 aromatic rings. The van der Waals surface area contributed by atoms with E-state index in [2.05, 4.69) is 0 Å². The van der Waals surface area contributed by atoms with Crippen LogP contribution in [0.15, 0.2) is 48.5 Å². The van der Waals surface area contributed by atoms with Crippen molar-refractivity contribution in [2.24, 2.45) is 11.3 Å². The number of amides is 2. The molecule has 2 heterocycles. The van der Waals surface area contributed by atoms with Gasteiger partial charge in [0.05, 0.1) is 18.3 Å². The van der Waals surface area contributed by atoms with Crippen molar-refractivity contribution >= 4 is 29.3 Å². The van der Waals surface area contributed by atoms with E-state index in [1.165, 1.54) is 30.1 Å². The number of esters is 1. The Bertz CT molecular complexity index is 1510. The predicted octanol–water partition coefficient (Wildman–Crippen LogP) is 6.49. The molecule has 4 atom stereocenters. The average molecular weight is 632 g/mol. The van der Waals surface area contributed by atoms with E-state index in [-0.39, 0.29) is 30.2 Å². The number of thiazole rings is 1. The van der Waals surface area contributed by atoms with Crippen molar-refractivity contribution in [3.8, 4) is 10.6 Å². The number of hydrogen-bond acceptors (Lipinski definition) is 6. The summed E-state index contributed by atoms with van der Waals surface area (Å²) < 4.78 is 49.7. The van der Waals surface area contributed by atoms with Crippen molar-refractivity contribution in [2.45, 2.75) is 59.4 Å². The average Bonchev–Trinajstić information content (AvgIpc) is 3.51. The molecule has 0 saturated carbocycles. The van der Waals surface area contributed by atoms with Gasteiger partial charge in [-0.25, -0.2) is 22.9 Å². The van der Waals surface area contributed by atoms with Gasteiger partial charge in [-0.1, -0.05) is 51.1 Å². The minimum absolute atomic E-state index is 0.0360. The van der Waals surface area contributed by atoms with E-state index in [9.17, 15) is 28.3 Å². The van der Waals surface area contributed by atoms with Gasteiger partial charge in [-0.15, -0.1) is 11.3 Å². The van der Waals surface area contributed by atoms with E-state index in [1.54, 1.807) is 0 Å². The Hall–Kier alpha value is -3.93. The van der Waals surface area contributed by atoms with Crippen LogP contribution in [0, 0.1) is 23.0 Å². The van der Waals surface area contributed by atoms with Crippen LogP contribution in [0.2, 0.25) is 0 Å². The maximum atomic E-state index is 15.3. The molecule has 2 amide bonds. The maximum Gasteiger partial charge on any atom is 0.407 e. The van der Waals surface area contributed by atoms with Gasteiger partial charge in [-0.2, -0.15) is 0 Å². The van der Waals surface area contributed by atoms with E-state index in [0.29, 0.717) is 17.0 Å². The van der Waals surface area contributed by atoms with Crippen molar-refractivity contribution < 1.29 is 37.4 Å². The topological polar surface area (TPSA) is 100 Å². The molecule has 0 bridgehead atoms. The standard InChI is InChI=1S/C32H36F3N3O5S/c1-18(43-19(2)39)30(40)38(16-21-15-37(31(41)42)17-25(21)35)28(32(3,4)5)27-26(13-20-9-7-6-8-10-20)44-29(36-27)23-14-22(33)11-12-24(23)34/h6-12,14,18,21,25,28H,13,15-17H2,1-5H3,(H,41,42)/t18?,21?,25?,28-/m0/s1. The van der Waals surface area contributed by atoms with Crippen molar-refractivity contribution in [1.29, 1.82) is 0 Å². The largest absolute Gasteiger partial charge is 0.465 e. The molecule has 44 heavy (non-hydrogen) atoms. The summed E-state index contributed by atoms with van der Waals surface area (Å²) in [5, 5.41) is 9.69. The molecule has 0 aliphatic carbocycles. The number of carboxylic acid groups (broad SMARTS) is 1. The molecule has 3 unspecified atom stereocenters. The first-order valence-corrected chi connectivity index (χ1v) is 15.1. The molecule has 1 N–H and O–H groups in total. The molecule has 12 heteroatoms. The highest BCUT2D eigenvalue weighted by atomic mass is 32.1. The Morgan fingerprint density at radius 2 is 1.82 bits per heavy atom. The molecule has 0 radical (unpaired) electrons. The smallest absolute Gasteiger partial charge is 0.407 e. The molecule has 1 aliphatic heterocycles. The summed E-state index contributed by atoms with van der Waals surface area (Å²) in [4.78, 5) is 45.4. The number of alkyl halides is 1. The Morgan fingerprint density at radius 1 is 1.14 bits per heavy atom. The van der Waals surface area contributed by atoms with E-state index >= 15 is 4.39 Å². The van der Waals surface area contributed by atoms with E-state index in [1.807, 2.05) is 51.1 Å². The summed E-state index contributed by atoms with van der Waals surface area (Å²) in [7, 11) is 0. The third kappa shape index (κ3) is 7.58. The van der Waals surface area contributed by atoms with Gasteiger partial charge in [-0.05, 0) is 36.1 Å². The number of benzene rings is 2. The first-order chi connectivity index (χ1) is 20.6.